The van der Waals surface area contributed by atoms with Crippen molar-refractivity contribution < 1.29 is 27.5 Å². The van der Waals surface area contributed by atoms with E-state index in [0.717, 1.165) is 25.7 Å². The molecule has 1 aliphatic carbocycles. The van der Waals surface area contributed by atoms with Gasteiger partial charge in [0, 0.05) is 36.3 Å². The average Bonchev–Trinajstić information content (AvgIpc) is 2.86. The van der Waals surface area contributed by atoms with Crippen LogP contribution in [0.1, 0.15) is 42.5 Å². The molecule has 1 aliphatic heterocycles. The van der Waals surface area contributed by atoms with E-state index in [4.69, 9.17) is 9.47 Å². The Hall–Kier alpha value is -3.27. The van der Waals surface area contributed by atoms with Crippen molar-refractivity contribution in [2.24, 2.45) is 5.92 Å². The Morgan fingerprint density at radius 2 is 1.53 bits per heavy atom. The van der Waals surface area contributed by atoms with Crippen LogP contribution in [0.3, 0.4) is 0 Å². The van der Waals surface area contributed by atoms with E-state index in [9.17, 15) is 18.0 Å². The normalized spacial score (nSPS) is 15.9. The Kier molecular flexibility index (Phi) is 7.56. The van der Waals surface area contributed by atoms with Crippen LogP contribution < -0.4 is 24.8 Å². The summed E-state index contributed by atoms with van der Waals surface area (Å²) in [4.78, 5) is 24.6. The lowest BCUT2D eigenvalue weighted by Crippen LogP contribution is -2.38. The second-order valence-electron chi connectivity index (χ2n) is 8.37. The quantitative estimate of drug-likeness (QED) is 0.492. The largest absolute Gasteiger partial charge is 0.486 e. The molecule has 4 rings (SSSR count). The fourth-order valence-electron chi connectivity index (χ4n) is 4.07. The zero-order chi connectivity index (χ0) is 24.0. The van der Waals surface area contributed by atoms with Gasteiger partial charge in [-0.2, -0.15) is 0 Å². The highest BCUT2D eigenvalue weighted by atomic mass is 32.2. The number of anilines is 1. The Balaban J connectivity index is 1.27. The van der Waals surface area contributed by atoms with Crippen LogP contribution in [0.2, 0.25) is 0 Å². The van der Waals surface area contributed by atoms with Gasteiger partial charge in [-0.15, -0.1) is 0 Å². The first-order valence-corrected chi connectivity index (χ1v) is 13.0. The molecular formula is C24H29N3O6S. The van der Waals surface area contributed by atoms with Crippen LogP contribution in [0.4, 0.5) is 5.69 Å². The second-order valence-corrected chi connectivity index (χ2v) is 10.1. The number of hydrogen-bond acceptors (Lipinski definition) is 6. The molecule has 2 aromatic rings. The molecule has 0 bridgehead atoms. The highest BCUT2D eigenvalue weighted by molar-refractivity contribution is 7.92. The number of amides is 2. The summed E-state index contributed by atoms with van der Waals surface area (Å²) in [7, 11) is -3.84. The highest BCUT2D eigenvalue weighted by Crippen LogP contribution is 2.32. The van der Waals surface area contributed by atoms with Crippen molar-refractivity contribution in [2.75, 3.05) is 31.0 Å². The van der Waals surface area contributed by atoms with Crippen molar-refractivity contribution >= 4 is 27.5 Å². The van der Waals surface area contributed by atoms with Crippen LogP contribution in [0.25, 0.3) is 0 Å². The Morgan fingerprint density at radius 3 is 2.26 bits per heavy atom. The first kappa shape index (κ1) is 23.9. The van der Waals surface area contributed by atoms with Gasteiger partial charge in [-0.3, -0.25) is 14.3 Å². The SMILES string of the molecule is O=C(NCCNC(=O)C1CCCCC1)c1ccc(NS(=O)(=O)c2ccc3c(c2)OCCO3)cc1. The molecule has 0 saturated heterocycles. The number of carbonyl (C=O) groups excluding carboxylic acids is 2. The molecule has 182 valence electrons. The second kappa shape index (κ2) is 10.8. The van der Waals surface area contributed by atoms with Crippen LogP contribution >= 0.6 is 0 Å². The Bertz CT molecular complexity index is 1130. The molecule has 10 heteroatoms. The van der Waals surface area contributed by atoms with Gasteiger partial charge >= 0.3 is 0 Å². The first-order chi connectivity index (χ1) is 16.4. The van der Waals surface area contributed by atoms with Crippen molar-refractivity contribution in [1.82, 2.24) is 10.6 Å². The number of rotatable bonds is 8. The predicted octanol–water partition coefficient (Wildman–Crippen LogP) is 2.68. The van der Waals surface area contributed by atoms with Gasteiger partial charge in [-0.1, -0.05) is 19.3 Å². The Labute approximate surface area is 199 Å². The summed E-state index contributed by atoms with van der Waals surface area (Å²) in [5, 5.41) is 5.64. The lowest BCUT2D eigenvalue weighted by atomic mass is 9.89. The van der Waals surface area contributed by atoms with Gasteiger partial charge in [0.05, 0.1) is 4.90 Å². The third-order valence-corrected chi connectivity index (χ3v) is 7.29. The van der Waals surface area contributed by atoms with Crippen molar-refractivity contribution in [1.29, 1.82) is 0 Å². The monoisotopic (exact) mass is 487 g/mol. The maximum Gasteiger partial charge on any atom is 0.262 e. The molecule has 2 aromatic carbocycles. The van der Waals surface area contributed by atoms with Gasteiger partial charge in [0.2, 0.25) is 5.91 Å². The Morgan fingerprint density at radius 1 is 0.853 bits per heavy atom. The van der Waals surface area contributed by atoms with E-state index in [1.165, 1.54) is 42.8 Å². The third kappa shape index (κ3) is 5.99. The molecular weight excluding hydrogens is 458 g/mol. The summed E-state index contributed by atoms with van der Waals surface area (Å²) in [5.41, 5.74) is 0.715. The molecule has 1 heterocycles. The molecule has 2 amide bonds. The smallest absolute Gasteiger partial charge is 0.262 e. The summed E-state index contributed by atoms with van der Waals surface area (Å²) < 4.78 is 38.8. The molecule has 3 N–H and O–H groups in total. The summed E-state index contributed by atoms with van der Waals surface area (Å²) in [6.45, 7) is 1.47. The minimum Gasteiger partial charge on any atom is -0.486 e. The topological polar surface area (TPSA) is 123 Å². The maximum absolute atomic E-state index is 12.7. The van der Waals surface area contributed by atoms with E-state index in [1.807, 2.05) is 0 Å². The lowest BCUT2D eigenvalue weighted by Gasteiger charge is -2.20. The van der Waals surface area contributed by atoms with Gasteiger partial charge in [0.25, 0.3) is 15.9 Å². The first-order valence-electron chi connectivity index (χ1n) is 11.5. The lowest BCUT2D eigenvalue weighted by molar-refractivity contribution is -0.125. The number of carbonyl (C=O) groups is 2. The van der Waals surface area contributed by atoms with E-state index in [1.54, 1.807) is 6.07 Å². The highest BCUT2D eigenvalue weighted by Gasteiger charge is 2.21. The van der Waals surface area contributed by atoms with Gasteiger partial charge in [0.15, 0.2) is 11.5 Å². The van der Waals surface area contributed by atoms with E-state index >= 15 is 0 Å². The fraction of sp³-hybridized carbons (Fsp3) is 0.417. The van der Waals surface area contributed by atoms with E-state index in [2.05, 4.69) is 15.4 Å². The molecule has 9 nitrogen and oxygen atoms in total. The van der Waals surface area contributed by atoms with E-state index in [0.29, 0.717) is 49.1 Å². The maximum atomic E-state index is 12.7. The van der Waals surface area contributed by atoms with Crippen molar-refractivity contribution in [3.05, 3.63) is 48.0 Å². The van der Waals surface area contributed by atoms with Crippen molar-refractivity contribution in [3.63, 3.8) is 0 Å². The van der Waals surface area contributed by atoms with Gasteiger partial charge in [-0.25, -0.2) is 8.42 Å². The summed E-state index contributed by atoms with van der Waals surface area (Å²) in [6, 6.07) is 10.6. The van der Waals surface area contributed by atoms with Crippen molar-refractivity contribution in [3.8, 4) is 11.5 Å². The fourth-order valence-corrected chi connectivity index (χ4v) is 5.14. The molecule has 34 heavy (non-hydrogen) atoms. The summed E-state index contributed by atoms with van der Waals surface area (Å²) in [6.07, 6.45) is 5.25. The van der Waals surface area contributed by atoms with Gasteiger partial charge in [0.1, 0.15) is 13.2 Å². The van der Waals surface area contributed by atoms with E-state index < -0.39 is 10.0 Å². The van der Waals surface area contributed by atoms with Crippen LogP contribution in [-0.2, 0) is 14.8 Å². The number of sulfonamides is 1. The van der Waals surface area contributed by atoms with Crippen LogP contribution in [0, 0.1) is 5.92 Å². The zero-order valence-electron chi connectivity index (χ0n) is 18.8. The minimum atomic E-state index is -3.84. The van der Waals surface area contributed by atoms with Gasteiger partial charge < -0.3 is 20.1 Å². The van der Waals surface area contributed by atoms with E-state index in [-0.39, 0.29) is 22.6 Å². The molecule has 1 saturated carbocycles. The molecule has 1 fully saturated rings. The number of benzene rings is 2. The molecule has 0 aromatic heterocycles. The summed E-state index contributed by atoms with van der Waals surface area (Å²) >= 11 is 0. The third-order valence-electron chi connectivity index (χ3n) is 5.91. The van der Waals surface area contributed by atoms with Crippen molar-refractivity contribution in [2.45, 2.75) is 37.0 Å². The predicted molar refractivity (Wildman–Crippen MR) is 127 cm³/mol. The van der Waals surface area contributed by atoms with Crippen LogP contribution in [0.5, 0.6) is 11.5 Å². The number of hydrogen-bond donors (Lipinski definition) is 3. The van der Waals surface area contributed by atoms with Crippen LogP contribution in [-0.4, -0.2) is 46.5 Å². The summed E-state index contributed by atoms with van der Waals surface area (Å²) in [5.74, 6) is 0.741. The van der Waals surface area contributed by atoms with Crippen LogP contribution in [0.15, 0.2) is 47.4 Å². The minimum absolute atomic E-state index is 0.0499. The number of fused-ring (bicyclic) bond motifs is 1. The number of nitrogens with one attached hydrogen (secondary N) is 3. The molecule has 2 aliphatic rings. The number of ether oxygens (including phenoxy) is 2. The standard InChI is InChI=1S/C24H29N3O6S/c28-23(17-4-2-1-3-5-17)25-12-13-26-24(29)18-6-8-19(9-7-18)27-34(30,31)20-10-11-21-22(16-20)33-15-14-32-21/h6-11,16-17,27H,1-5,12-15H2,(H,25,28)(H,26,29). The average molecular weight is 488 g/mol. The molecule has 0 unspecified atom stereocenters. The molecule has 0 radical (unpaired) electrons. The van der Waals surface area contributed by atoms with Gasteiger partial charge in [-0.05, 0) is 49.2 Å². The molecule has 0 spiro atoms. The molecule has 0 atom stereocenters. The zero-order valence-corrected chi connectivity index (χ0v) is 19.7.